The van der Waals surface area contributed by atoms with Crippen molar-refractivity contribution in [1.82, 2.24) is 0 Å². The van der Waals surface area contributed by atoms with Crippen molar-refractivity contribution in [2.75, 3.05) is 0 Å². The lowest BCUT2D eigenvalue weighted by molar-refractivity contribution is 0.468. The summed E-state index contributed by atoms with van der Waals surface area (Å²) in [6.45, 7) is 1.69. The molecule has 0 unspecified atom stereocenters. The number of fused-ring (bicyclic) bond motifs is 1. The van der Waals surface area contributed by atoms with Crippen LogP contribution < -0.4 is 5.63 Å². The molecule has 5 heteroatoms. The Labute approximate surface area is 130 Å². The second kappa shape index (κ2) is 5.85. The van der Waals surface area contributed by atoms with Gasteiger partial charge in [-0.3, -0.25) is 0 Å². The molecule has 1 aromatic heterocycles. The summed E-state index contributed by atoms with van der Waals surface area (Å²) < 4.78 is 18.9. The predicted molar refractivity (Wildman–Crippen MR) is 84.8 cm³/mol. The fourth-order valence-corrected chi connectivity index (χ4v) is 3.18. The van der Waals surface area contributed by atoms with Crippen LogP contribution in [0, 0.1) is 12.7 Å². The third-order valence-electron chi connectivity index (χ3n) is 3.44. The predicted octanol–water partition coefficient (Wildman–Crippen LogP) is 4.24. The van der Waals surface area contributed by atoms with Gasteiger partial charge in [-0.25, -0.2) is 9.18 Å². The molecule has 0 radical (unpaired) electrons. The van der Waals surface area contributed by atoms with Gasteiger partial charge < -0.3 is 9.52 Å². The van der Waals surface area contributed by atoms with Crippen LogP contribution in [0.15, 0.2) is 56.6 Å². The Bertz CT molecular complexity index is 902. The number of phenols is 1. The van der Waals surface area contributed by atoms with Gasteiger partial charge in [-0.15, -0.1) is 11.8 Å². The molecular formula is C17H13FO3S. The van der Waals surface area contributed by atoms with E-state index in [4.69, 9.17) is 4.42 Å². The van der Waals surface area contributed by atoms with Gasteiger partial charge in [0.25, 0.3) is 0 Å². The minimum atomic E-state index is -0.481. The summed E-state index contributed by atoms with van der Waals surface area (Å²) in [5.74, 6) is 0.232. The summed E-state index contributed by atoms with van der Waals surface area (Å²) >= 11 is 1.32. The van der Waals surface area contributed by atoms with E-state index in [1.807, 2.05) is 0 Å². The molecule has 3 nitrogen and oxygen atoms in total. The lowest BCUT2D eigenvalue weighted by Crippen LogP contribution is -2.01. The van der Waals surface area contributed by atoms with E-state index < -0.39 is 5.63 Å². The lowest BCUT2D eigenvalue weighted by Gasteiger charge is -2.08. The summed E-state index contributed by atoms with van der Waals surface area (Å²) in [7, 11) is 0. The molecule has 0 fully saturated rings. The fraction of sp³-hybridized carbons (Fsp3) is 0.118. The maximum absolute atomic E-state index is 13.7. The highest BCUT2D eigenvalue weighted by molar-refractivity contribution is 7.98. The first-order valence-electron chi connectivity index (χ1n) is 6.69. The molecule has 3 rings (SSSR count). The third kappa shape index (κ3) is 2.72. The number of rotatable bonds is 3. The molecule has 0 atom stereocenters. The topological polar surface area (TPSA) is 50.4 Å². The van der Waals surface area contributed by atoms with Crippen LogP contribution in [0.25, 0.3) is 11.0 Å². The number of hydrogen-bond acceptors (Lipinski definition) is 4. The molecule has 0 amide bonds. The Balaban J connectivity index is 2.02. The first-order chi connectivity index (χ1) is 10.6. The molecule has 1 N–H and O–H groups in total. The van der Waals surface area contributed by atoms with Gasteiger partial charge in [-0.05, 0) is 36.8 Å². The highest BCUT2D eigenvalue weighted by atomic mass is 32.2. The minimum absolute atomic E-state index is 0.0783. The average Bonchev–Trinajstić information content (AvgIpc) is 2.50. The monoisotopic (exact) mass is 316 g/mol. The lowest BCUT2D eigenvalue weighted by atomic mass is 10.1. The highest BCUT2D eigenvalue weighted by Crippen LogP contribution is 2.31. The molecule has 2 aromatic carbocycles. The number of aromatic hydroxyl groups is 1. The number of hydrogen-bond donors (Lipinski definition) is 1. The fourth-order valence-electron chi connectivity index (χ4n) is 2.25. The summed E-state index contributed by atoms with van der Waals surface area (Å²) in [6, 6.07) is 11.2. The summed E-state index contributed by atoms with van der Waals surface area (Å²) in [4.78, 5) is 12.2. The van der Waals surface area contributed by atoms with Crippen LogP contribution in [0.1, 0.15) is 11.1 Å². The van der Waals surface area contributed by atoms with Gasteiger partial charge in [-0.1, -0.05) is 12.1 Å². The van der Waals surface area contributed by atoms with E-state index >= 15 is 0 Å². The molecule has 22 heavy (non-hydrogen) atoms. The molecule has 0 bridgehead atoms. The standard InChI is InChI=1S/C17H13FO3S/c1-10-14(19)7-6-12-11(8-16(20)21-17(10)12)9-22-15-5-3-2-4-13(15)18/h2-8,19H,9H2,1H3. The zero-order chi connectivity index (χ0) is 15.7. The van der Waals surface area contributed by atoms with E-state index in [1.165, 1.54) is 23.9 Å². The van der Waals surface area contributed by atoms with Crippen LogP contribution in [0.5, 0.6) is 5.75 Å². The molecule has 112 valence electrons. The van der Waals surface area contributed by atoms with E-state index in [1.54, 1.807) is 37.3 Å². The summed E-state index contributed by atoms with van der Waals surface area (Å²) in [5, 5.41) is 10.5. The number of phenolic OH excluding ortho intramolecular Hbond substituents is 1. The second-order valence-corrected chi connectivity index (χ2v) is 5.91. The molecule has 0 aliphatic heterocycles. The first-order valence-corrected chi connectivity index (χ1v) is 7.67. The van der Waals surface area contributed by atoms with E-state index in [0.29, 0.717) is 21.8 Å². The van der Waals surface area contributed by atoms with E-state index in [0.717, 1.165) is 10.9 Å². The zero-order valence-electron chi connectivity index (χ0n) is 11.8. The van der Waals surface area contributed by atoms with Crippen LogP contribution in [-0.4, -0.2) is 5.11 Å². The van der Waals surface area contributed by atoms with Crippen LogP contribution >= 0.6 is 11.8 Å². The normalized spacial score (nSPS) is 11.0. The van der Waals surface area contributed by atoms with Crippen LogP contribution in [0.2, 0.25) is 0 Å². The Hall–Kier alpha value is -2.27. The Morgan fingerprint density at radius 2 is 2.00 bits per heavy atom. The third-order valence-corrected chi connectivity index (χ3v) is 4.54. The SMILES string of the molecule is Cc1c(O)ccc2c(CSc3ccccc3F)cc(=O)oc12. The molecule has 0 aliphatic carbocycles. The Morgan fingerprint density at radius 3 is 2.77 bits per heavy atom. The summed E-state index contributed by atoms with van der Waals surface area (Å²) in [6.07, 6.45) is 0. The quantitative estimate of drug-likeness (QED) is 0.580. The van der Waals surface area contributed by atoms with Crippen molar-refractivity contribution in [3.8, 4) is 5.75 Å². The van der Waals surface area contributed by atoms with Crippen molar-refractivity contribution >= 4 is 22.7 Å². The Kier molecular flexibility index (Phi) is 3.90. The minimum Gasteiger partial charge on any atom is -0.508 e. The molecular weight excluding hydrogens is 303 g/mol. The smallest absolute Gasteiger partial charge is 0.336 e. The molecule has 0 saturated carbocycles. The van der Waals surface area contributed by atoms with Gasteiger partial charge in [-0.2, -0.15) is 0 Å². The van der Waals surface area contributed by atoms with E-state index in [2.05, 4.69) is 0 Å². The number of benzene rings is 2. The van der Waals surface area contributed by atoms with E-state index in [-0.39, 0.29) is 11.6 Å². The van der Waals surface area contributed by atoms with Gasteiger partial charge in [0, 0.05) is 27.7 Å². The van der Waals surface area contributed by atoms with Gasteiger partial charge in [0.2, 0.25) is 0 Å². The molecule has 3 aromatic rings. The number of halogens is 1. The van der Waals surface area contributed by atoms with Crippen LogP contribution in [-0.2, 0) is 5.75 Å². The van der Waals surface area contributed by atoms with Crippen LogP contribution in [0.4, 0.5) is 4.39 Å². The van der Waals surface area contributed by atoms with Crippen molar-refractivity contribution in [1.29, 1.82) is 0 Å². The van der Waals surface area contributed by atoms with Gasteiger partial charge in [0.1, 0.15) is 17.1 Å². The Morgan fingerprint density at radius 1 is 1.23 bits per heavy atom. The van der Waals surface area contributed by atoms with Crippen molar-refractivity contribution in [3.05, 3.63) is 69.8 Å². The first kappa shape index (κ1) is 14.7. The van der Waals surface area contributed by atoms with Crippen molar-refractivity contribution in [2.45, 2.75) is 17.6 Å². The van der Waals surface area contributed by atoms with Gasteiger partial charge in [0.15, 0.2) is 0 Å². The number of aryl methyl sites for hydroxylation is 1. The molecule has 0 aliphatic rings. The largest absolute Gasteiger partial charge is 0.508 e. The van der Waals surface area contributed by atoms with Crippen molar-refractivity contribution in [2.24, 2.45) is 0 Å². The van der Waals surface area contributed by atoms with Crippen molar-refractivity contribution in [3.63, 3.8) is 0 Å². The zero-order valence-corrected chi connectivity index (χ0v) is 12.6. The maximum Gasteiger partial charge on any atom is 0.336 e. The van der Waals surface area contributed by atoms with Gasteiger partial charge >= 0.3 is 5.63 Å². The molecule has 0 spiro atoms. The molecule has 1 heterocycles. The van der Waals surface area contributed by atoms with Crippen LogP contribution in [0.3, 0.4) is 0 Å². The molecule has 0 saturated heterocycles. The second-order valence-electron chi connectivity index (χ2n) is 4.90. The number of thioether (sulfide) groups is 1. The summed E-state index contributed by atoms with van der Waals surface area (Å²) in [5.41, 5.74) is 1.16. The van der Waals surface area contributed by atoms with E-state index in [9.17, 15) is 14.3 Å². The highest BCUT2D eigenvalue weighted by Gasteiger charge is 2.11. The van der Waals surface area contributed by atoms with Gasteiger partial charge in [0.05, 0.1) is 0 Å². The van der Waals surface area contributed by atoms with Crippen molar-refractivity contribution < 1.29 is 13.9 Å². The maximum atomic E-state index is 13.7. The average molecular weight is 316 g/mol.